The Morgan fingerprint density at radius 1 is 1.15 bits per heavy atom. The van der Waals surface area contributed by atoms with E-state index in [9.17, 15) is 0 Å². The molecule has 26 heavy (non-hydrogen) atoms. The largest absolute Gasteiger partial charge is 0.493 e. The number of benzene rings is 1. The molecule has 0 spiro atoms. The minimum Gasteiger partial charge on any atom is -0.493 e. The lowest BCUT2D eigenvalue weighted by Crippen LogP contribution is -2.38. The van der Waals surface area contributed by atoms with Crippen LogP contribution in [-0.4, -0.2) is 48.0 Å². The number of hydrogen-bond donors (Lipinski definition) is 2. The Hall–Kier alpha value is -2.77. The van der Waals surface area contributed by atoms with Crippen molar-refractivity contribution in [1.29, 1.82) is 0 Å². The van der Waals surface area contributed by atoms with E-state index in [2.05, 4.69) is 32.7 Å². The zero-order valence-electron chi connectivity index (χ0n) is 16.0. The first-order chi connectivity index (χ1) is 12.7. The number of rotatable bonds is 9. The topological polar surface area (TPSA) is 85.6 Å². The van der Waals surface area contributed by atoms with Crippen molar-refractivity contribution in [2.75, 3.05) is 27.3 Å². The van der Waals surface area contributed by atoms with Gasteiger partial charge in [0.15, 0.2) is 17.5 Å². The Balaban J connectivity index is 1.95. The SMILES string of the molecule is CCNC(=NCc1ccc(OC)c(OC)c1)NCCn1cnnc1CC. The first kappa shape index (κ1) is 19.6. The fraction of sp³-hybridized carbons (Fsp3) is 0.500. The summed E-state index contributed by atoms with van der Waals surface area (Å²) in [5.74, 6) is 3.18. The molecule has 2 rings (SSSR count). The van der Waals surface area contributed by atoms with Crippen molar-refractivity contribution in [3.8, 4) is 11.5 Å². The van der Waals surface area contributed by atoms with Crippen LogP contribution in [0.5, 0.6) is 11.5 Å². The van der Waals surface area contributed by atoms with Crippen molar-refractivity contribution < 1.29 is 9.47 Å². The van der Waals surface area contributed by atoms with E-state index in [4.69, 9.17) is 9.47 Å². The van der Waals surface area contributed by atoms with Gasteiger partial charge in [0.05, 0.1) is 20.8 Å². The van der Waals surface area contributed by atoms with E-state index < -0.39 is 0 Å². The molecule has 0 bridgehead atoms. The smallest absolute Gasteiger partial charge is 0.191 e. The molecule has 0 unspecified atom stereocenters. The first-order valence-corrected chi connectivity index (χ1v) is 8.81. The number of aryl methyl sites for hydroxylation is 1. The molecule has 2 N–H and O–H groups in total. The molecule has 1 aromatic heterocycles. The molecule has 2 aromatic rings. The first-order valence-electron chi connectivity index (χ1n) is 8.81. The van der Waals surface area contributed by atoms with Crippen molar-refractivity contribution in [3.05, 3.63) is 35.9 Å². The number of aliphatic imine (C=N–C) groups is 1. The summed E-state index contributed by atoms with van der Waals surface area (Å²) >= 11 is 0. The van der Waals surface area contributed by atoms with E-state index in [1.165, 1.54) is 0 Å². The summed E-state index contributed by atoms with van der Waals surface area (Å²) in [5.41, 5.74) is 1.05. The summed E-state index contributed by atoms with van der Waals surface area (Å²) in [4.78, 5) is 4.63. The van der Waals surface area contributed by atoms with Crippen LogP contribution in [0.2, 0.25) is 0 Å². The molecule has 0 fully saturated rings. The van der Waals surface area contributed by atoms with Crippen molar-refractivity contribution >= 4 is 5.96 Å². The predicted molar refractivity (Wildman–Crippen MR) is 102 cm³/mol. The molecule has 8 nitrogen and oxygen atoms in total. The second-order valence-corrected chi connectivity index (χ2v) is 5.61. The summed E-state index contributed by atoms with van der Waals surface area (Å²) in [6.07, 6.45) is 2.63. The Morgan fingerprint density at radius 2 is 1.96 bits per heavy atom. The summed E-state index contributed by atoms with van der Waals surface area (Å²) < 4.78 is 12.7. The van der Waals surface area contributed by atoms with Crippen LogP contribution in [0.25, 0.3) is 0 Å². The molecule has 0 radical (unpaired) electrons. The molecule has 1 aromatic carbocycles. The van der Waals surface area contributed by atoms with E-state index in [1.54, 1.807) is 20.5 Å². The molecule has 0 aliphatic rings. The lowest BCUT2D eigenvalue weighted by Gasteiger charge is -2.13. The minimum absolute atomic E-state index is 0.544. The highest BCUT2D eigenvalue weighted by Gasteiger charge is 2.05. The van der Waals surface area contributed by atoms with Gasteiger partial charge in [-0.05, 0) is 24.6 Å². The van der Waals surface area contributed by atoms with Crippen LogP contribution in [0.3, 0.4) is 0 Å². The van der Waals surface area contributed by atoms with Crippen LogP contribution in [0.4, 0.5) is 0 Å². The molecule has 0 saturated carbocycles. The molecule has 8 heteroatoms. The lowest BCUT2D eigenvalue weighted by atomic mass is 10.2. The van der Waals surface area contributed by atoms with Gasteiger partial charge in [-0.25, -0.2) is 4.99 Å². The van der Waals surface area contributed by atoms with Gasteiger partial charge in [-0.1, -0.05) is 13.0 Å². The Bertz CT molecular complexity index is 713. The van der Waals surface area contributed by atoms with E-state index in [0.29, 0.717) is 18.0 Å². The number of nitrogens with zero attached hydrogens (tertiary/aromatic N) is 4. The summed E-state index contributed by atoms with van der Waals surface area (Å²) in [6, 6.07) is 5.82. The van der Waals surface area contributed by atoms with Gasteiger partial charge in [-0.2, -0.15) is 0 Å². The molecule has 0 aliphatic carbocycles. The quantitative estimate of drug-likeness (QED) is 0.522. The van der Waals surface area contributed by atoms with Crippen LogP contribution in [-0.2, 0) is 19.5 Å². The number of ether oxygens (including phenoxy) is 2. The summed E-state index contributed by atoms with van der Waals surface area (Å²) in [6.45, 7) is 6.98. The monoisotopic (exact) mass is 360 g/mol. The standard InChI is InChI=1S/C18H28N6O2/c1-5-17-23-22-13-24(17)10-9-20-18(19-6-2)21-12-14-7-8-15(25-3)16(11-14)26-4/h7-8,11,13H,5-6,9-10,12H2,1-4H3,(H2,19,20,21). The van der Waals surface area contributed by atoms with E-state index in [1.807, 2.05) is 29.7 Å². The van der Waals surface area contributed by atoms with Gasteiger partial charge in [0.2, 0.25) is 0 Å². The zero-order valence-corrected chi connectivity index (χ0v) is 16.0. The molecule has 142 valence electrons. The fourth-order valence-corrected chi connectivity index (χ4v) is 2.53. The number of guanidine groups is 1. The highest BCUT2D eigenvalue weighted by molar-refractivity contribution is 5.79. The maximum absolute atomic E-state index is 5.34. The van der Waals surface area contributed by atoms with Gasteiger partial charge < -0.3 is 24.7 Å². The second kappa shape index (κ2) is 10.3. The Morgan fingerprint density at radius 3 is 2.65 bits per heavy atom. The molecular weight excluding hydrogens is 332 g/mol. The van der Waals surface area contributed by atoms with E-state index in [0.717, 1.165) is 43.4 Å². The van der Waals surface area contributed by atoms with Gasteiger partial charge in [-0.3, -0.25) is 0 Å². The maximum atomic E-state index is 5.34. The zero-order chi connectivity index (χ0) is 18.8. The van der Waals surface area contributed by atoms with Crippen molar-refractivity contribution in [1.82, 2.24) is 25.4 Å². The number of methoxy groups -OCH3 is 2. The van der Waals surface area contributed by atoms with Crippen LogP contribution < -0.4 is 20.1 Å². The van der Waals surface area contributed by atoms with Crippen molar-refractivity contribution in [3.63, 3.8) is 0 Å². The highest BCUT2D eigenvalue weighted by atomic mass is 16.5. The Kier molecular flexibility index (Phi) is 7.73. The van der Waals surface area contributed by atoms with Crippen LogP contribution in [0, 0.1) is 0 Å². The number of hydrogen-bond acceptors (Lipinski definition) is 5. The van der Waals surface area contributed by atoms with Crippen LogP contribution in [0.15, 0.2) is 29.5 Å². The molecule has 0 saturated heterocycles. The third kappa shape index (κ3) is 5.37. The van der Waals surface area contributed by atoms with E-state index >= 15 is 0 Å². The minimum atomic E-state index is 0.544. The molecule has 1 heterocycles. The molecular formula is C18H28N6O2. The number of aromatic nitrogens is 3. The third-order valence-electron chi connectivity index (χ3n) is 3.87. The highest BCUT2D eigenvalue weighted by Crippen LogP contribution is 2.27. The van der Waals surface area contributed by atoms with Gasteiger partial charge in [0, 0.05) is 26.1 Å². The van der Waals surface area contributed by atoms with E-state index in [-0.39, 0.29) is 0 Å². The second-order valence-electron chi connectivity index (χ2n) is 5.61. The summed E-state index contributed by atoms with van der Waals surface area (Å²) in [5, 5.41) is 14.6. The van der Waals surface area contributed by atoms with Gasteiger partial charge in [-0.15, -0.1) is 10.2 Å². The normalized spacial score (nSPS) is 11.3. The molecule has 0 atom stereocenters. The molecule has 0 amide bonds. The van der Waals surface area contributed by atoms with Crippen LogP contribution >= 0.6 is 0 Å². The lowest BCUT2D eigenvalue weighted by molar-refractivity contribution is 0.354. The average Bonchev–Trinajstić information content (AvgIpc) is 3.13. The van der Waals surface area contributed by atoms with Gasteiger partial charge >= 0.3 is 0 Å². The third-order valence-corrected chi connectivity index (χ3v) is 3.87. The van der Waals surface area contributed by atoms with Gasteiger partial charge in [0.1, 0.15) is 12.2 Å². The van der Waals surface area contributed by atoms with Crippen LogP contribution in [0.1, 0.15) is 25.2 Å². The average molecular weight is 360 g/mol. The Labute approximate surface area is 154 Å². The van der Waals surface area contributed by atoms with Crippen molar-refractivity contribution in [2.24, 2.45) is 4.99 Å². The fourth-order valence-electron chi connectivity index (χ4n) is 2.53. The summed E-state index contributed by atoms with van der Waals surface area (Å²) in [7, 11) is 3.26. The predicted octanol–water partition coefficient (Wildman–Crippen LogP) is 1.61. The van der Waals surface area contributed by atoms with Crippen molar-refractivity contribution in [2.45, 2.75) is 33.4 Å². The number of nitrogens with one attached hydrogen (secondary N) is 2. The molecule has 0 aliphatic heterocycles. The van der Waals surface area contributed by atoms with Gasteiger partial charge in [0.25, 0.3) is 0 Å². The maximum Gasteiger partial charge on any atom is 0.191 e.